The Morgan fingerprint density at radius 1 is 1.10 bits per heavy atom. The third-order valence-electron chi connectivity index (χ3n) is 7.81. The van der Waals surface area contributed by atoms with Crippen LogP contribution in [0.2, 0.25) is 5.02 Å². The molecule has 0 atom stereocenters. The number of aromatic nitrogens is 5. The molecule has 12 heteroatoms. The van der Waals surface area contributed by atoms with Gasteiger partial charge < -0.3 is 14.8 Å². The van der Waals surface area contributed by atoms with E-state index in [-0.39, 0.29) is 17.6 Å². The molecular weight excluding hydrogens is 558 g/mol. The van der Waals surface area contributed by atoms with Gasteiger partial charge in [0.25, 0.3) is 5.56 Å². The van der Waals surface area contributed by atoms with Crippen LogP contribution in [0.4, 0.5) is 0 Å². The number of hydrogen-bond acceptors (Lipinski definition) is 8. The van der Waals surface area contributed by atoms with Gasteiger partial charge >= 0.3 is 0 Å². The molecule has 216 valence electrons. The average Bonchev–Trinajstić information content (AvgIpc) is 3.65. The number of likely N-dealkylation sites (tertiary alicyclic amines) is 1. The van der Waals surface area contributed by atoms with Crippen molar-refractivity contribution in [1.29, 1.82) is 0 Å². The lowest BCUT2D eigenvalue weighted by atomic mass is 9.91. The normalized spacial score (nSPS) is 15.2. The standard InChI is InChI=1S/C30H30ClN7O4/c1-36-27(21-4-2-20(3-5-21)15-32-19-39)25-26(35-36)29(40)38(18-34-25)17-30(41)8-11-37(12-9-30)16-23-7-6-22(14-24(23)31)28-33-10-13-42-28/h2-7,10,13-14,18-19,41H,8-9,11-12,15-17H2,1H3,(H,32,39). The number of carbonyl (C=O) groups excluding carboxylic acids is 1. The van der Waals surface area contributed by atoms with Crippen LogP contribution in [-0.4, -0.2) is 59.4 Å². The number of hydrogen-bond donors (Lipinski definition) is 2. The van der Waals surface area contributed by atoms with E-state index in [2.05, 4.69) is 25.3 Å². The van der Waals surface area contributed by atoms with Gasteiger partial charge in [-0.2, -0.15) is 5.10 Å². The van der Waals surface area contributed by atoms with Crippen molar-refractivity contribution >= 4 is 29.0 Å². The quantitative estimate of drug-likeness (QED) is 0.251. The van der Waals surface area contributed by atoms with E-state index >= 15 is 0 Å². The highest BCUT2D eigenvalue weighted by molar-refractivity contribution is 6.31. The zero-order chi connectivity index (χ0) is 29.3. The van der Waals surface area contributed by atoms with Gasteiger partial charge in [-0.05, 0) is 36.1 Å². The van der Waals surface area contributed by atoms with Gasteiger partial charge in [-0.3, -0.25) is 23.7 Å². The number of nitrogens with one attached hydrogen (secondary N) is 1. The van der Waals surface area contributed by atoms with Crippen LogP contribution in [0, 0.1) is 0 Å². The number of rotatable bonds is 9. The Hall–Kier alpha value is -4.32. The minimum atomic E-state index is -1.04. The zero-order valence-electron chi connectivity index (χ0n) is 23.0. The van der Waals surface area contributed by atoms with Gasteiger partial charge in [-0.25, -0.2) is 9.97 Å². The van der Waals surface area contributed by atoms with E-state index in [1.54, 1.807) is 17.9 Å². The molecule has 42 heavy (non-hydrogen) atoms. The number of piperidine rings is 1. The highest BCUT2D eigenvalue weighted by atomic mass is 35.5. The number of fused-ring (bicyclic) bond motifs is 1. The average molecular weight is 588 g/mol. The first-order valence-electron chi connectivity index (χ1n) is 13.6. The fourth-order valence-electron chi connectivity index (χ4n) is 5.49. The van der Waals surface area contributed by atoms with Crippen LogP contribution >= 0.6 is 11.6 Å². The fraction of sp³-hybridized carbons (Fsp3) is 0.300. The van der Waals surface area contributed by atoms with Gasteiger partial charge in [0.05, 0.1) is 30.4 Å². The van der Waals surface area contributed by atoms with Crippen LogP contribution in [0.5, 0.6) is 0 Å². The maximum absolute atomic E-state index is 13.4. The predicted octanol–water partition coefficient (Wildman–Crippen LogP) is 3.38. The molecule has 0 unspecified atom stereocenters. The number of halogens is 1. The van der Waals surface area contributed by atoms with Gasteiger partial charge in [-0.1, -0.05) is 41.9 Å². The summed E-state index contributed by atoms with van der Waals surface area (Å²) in [6.45, 7) is 2.54. The molecule has 0 spiro atoms. The van der Waals surface area contributed by atoms with Crippen LogP contribution in [-0.2, 0) is 31.5 Å². The molecule has 1 aliphatic rings. The SMILES string of the molecule is Cn1nc2c(=O)n(CC3(O)CCN(Cc4ccc(-c5ncco5)cc4Cl)CC3)cnc2c1-c1ccc(CNC=O)cc1. The van der Waals surface area contributed by atoms with Crippen molar-refractivity contribution < 1.29 is 14.3 Å². The molecule has 0 saturated carbocycles. The van der Waals surface area contributed by atoms with Crippen molar-refractivity contribution in [2.24, 2.45) is 7.05 Å². The lowest BCUT2D eigenvalue weighted by Gasteiger charge is -2.38. The summed E-state index contributed by atoms with van der Waals surface area (Å²) in [5.74, 6) is 0.523. The summed E-state index contributed by atoms with van der Waals surface area (Å²) >= 11 is 6.56. The molecule has 1 amide bonds. The maximum atomic E-state index is 13.4. The van der Waals surface area contributed by atoms with Crippen molar-refractivity contribution in [3.05, 3.63) is 87.8 Å². The second-order valence-corrected chi connectivity index (χ2v) is 11.1. The zero-order valence-corrected chi connectivity index (χ0v) is 23.8. The Bertz CT molecular complexity index is 1770. The molecule has 11 nitrogen and oxygen atoms in total. The Labute approximate surface area is 246 Å². The van der Waals surface area contributed by atoms with Gasteiger partial charge in [-0.15, -0.1) is 0 Å². The Morgan fingerprint density at radius 2 is 1.86 bits per heavy atom. The van der Waals surface area contributed by atoms with Gasteiger partial charge in [0, 0.05) is 49.4 Å². The Morgan fingerprint density at radius 3 is 2.55 bits per heavy atom. The Balaban J connectivity index is 1.13. The molecular formula is C30H30ClN7O4. The lowest BCUT2D eigenvalue weighted by Crippen LogP contribution is -2.47. The topological polar surface area (TPSA) is 131 Å². The summed E-state index contributed by atoms with van der Waals surface area (Å²) in [6, 6.07) is 13.4. The number of oxazole rings is 1. The van der Waals surface area contributed by atoms with Crippen molar-refractivity contribution in [3.8, 4) is 22.7 Å². The Kier molecular flexibility index (Phi) is 7.63. The van der Waals surface area contributed by atoms with E-state index in [4.69, 9.17) is 16.0 Å². The number of aliphatic hydroxyl groups is 1. The molecule has 1 saturated heterocycles. The third kappa shape index (κ3) is 5.58. The van der Waals surface area contributed by atoms with Crippen molar-refractivity contribution in [2.75, 3.05) is 13.1 Å². The van der Waals surface area contributed by atoms with E-state index in [0.717, 1.165) is 27.9 Å². The largest absolute Gasteiger partial charge is 0.445 e. The van der Waals surface area contributed by atoms with Crippen LogP contribution < -0.4 is 10.9 Å². The molecule has 0 radical (unpaired) electrons. The van der Waals surface area contributed by atoms with Crippen LogP contribution in [0.25, 0.3) is 33.7 Å². The summed E-state index contributed by atoms with van der Waals surface area (Å²) in [5.41, 5.74) is 3.77. The molecule has 0 aliphatic carbocycles. The van der Waals surface area contributed by atoms with E-state index in [9.17, 15) is 14.7 Å². The van der Waals surface area contributed by atoms with Crippen molar-refractivity contribution in [2.45, 2.75) is 38.1 Å². The molecule has 2 aromatic carbocycles. The van der Waals surface area contributed by atoms with Gasteiger partial charge in [0.15, 0.2) is 5.52 Å². The van der Waals surface area contributed by atoms with Gasteiger partial charge in [0.1, 0.15) is 11.8 Å². The number of nitrogens with zero attached hydrogens (tertiary/aromatic N) is 6. The second kappa shape index (κ2) is 11.5. The molecule has 6 rings (SSSR count). The summed E-state index contributed by atoms with van der Waals surface area (Å²) < 4.78 is 8.47. The molecule has 4 heterocycles. The lowest BCUT2D eigenvalue weighted by molar-refractivity contribution is -0.109. The van der Waals surface area contributed by atoms with E-state index < -0.39 is 5.60 Å². The molecule has 5 aromatic rings. The van der Waals surface area contributed by atoms with E-state index in [1.165, 1.54) is 17.2 Å². The maximum Gasteiger partial charge on any atom is 0.281 e. The van der Waals surface area contributed by atoms with E-state index in [1.807, 2.05) is 42.5 Å². The first-order chi connectivity index (χ1) is 20.3. The fourth-order valence-corrected chi connectivity index (χ4v) is 5.73. The third-order valence-corrected chi connectivity index (χ3v) is 8.16. The minimum Gasteiger partial charge on any atom is -0.445 e. The highest BCUT2D eigenvalue weighted by Gasteiger charge is 2.33. The highest BCUT2D eigenvalue weighted by Crippen LogP contribution is 2.30. The summed E-state index contributed by atoms with van der Waals surface area (Å²) in [4.78, 5) is 35.0. The number of benzene rings is 2. The summed E-state index contributed by atoms with van der Waals surface area (Å²) in [6.07, 6.45) is 6.29. The van der Waals surface area contributed by atoms with Crippen LogP contribution in [0.3, 0.4) is 0 Å². The predicted molar refractivity (Wildman–Crippen MR) is 158 cm³/mol. The number of carbonyl (C=O) groups is 1. The summed E-state index contributed by atoms with van der Waals surface area (Å²) in [5, 5.41) is 19.2. The van der Waals surface area contributed by atoms with Gasteiger partial charge in [0.2, 0.25) is 12.3 Å². The molecule has 3 aromatic heterocycles. The van der Waals surface area contributed by atoms with Crippen molar-refractivity contribution in [1.82, 2.24) is 34.5 Å². The first-order valence-corrected chi connectivity index (χ1v) is 14.0. The van der Waals surface area contributed by atoms with E-state index in [0.29, 0.717) is 61.9 Å². The number of amides is 1. The van der Waals surface area contributed by atoms with Crippen molar-refractivity contribution in [3.63, 3.8) is 0 Å². The smallest absolute Gasteiger partial charge is 0.281 e. The first kappa shape index (κ1) is 27.8. The summed E-state index contributed by atoms with van der Waals surface area (Å²) in [7, 11) is 1.78. The minimum absolute atomic E-state index is 0.137. The molecule has 2 N–H and O–H groups in total. The molecule has 0 bridgehead atoms. The van der Waals surface area contributed by atoms with Crippen LogP contribution in [0.15, 0.2) is 70.5 Å². The monoisotopic (exact) mass is 587 g/mol. The molecule has 1 fully saturated rings. The molecule has 1 aliphatic heterocycles. The van der Waals surface area contributed by atoms with Crippen LogP contribution in [0.1, 0.15) is 24.0 Å². The number of aryl methyl sites for hydroxylation is 1. The second-order valence-electron chi connectivity index (χ2n) is 10.7.